The molecule has 0 radical (unpaired) electrons. The van der Waals surface area contributed by atoms with Gasteiger partial charge in [-0.25, -0.2) is 4.68 Å². The maximum Gasteiger partial charge on any atom is 0.191 e. The quantitative estimate of drug-likeness (QED) is 0.434. The Labute approximate surface area is 172 Å². The summed E-state index contributed by atoms with van der Waals surface area (Å²) in [5, 5.41) is 11.1. The Hall–Kier alpha value is -3.12. The lowest BCUT2D eigenvalue weighted by atomic mass is 10.2. The molecule has 2 aromatic carbocycles. The van der Waals surface area contributed by atoms with Gasteiger partial charge in [0.15, 0.2) is 5.96 Å². The predicted molar refractivity (Wildman–Crippen MR) is 117 cm³/mol. The summed E-state index contributed by atoms with van der Waals surface area (Å²) in [7, 11) is 1.78. The fraction of sp³-hybridized carbons (Fsp3) is 0.304. The molecule has 0 fully saturated rings. The van der Waals surface area contributed by atoms with Crippen molar-refractivity contribution in [1.29, 1.82) is 0 Å². The number of guanidine groups is 1. The van der Waals surface area contributed by atoms with Crippen LogP contribution >= 0.6 is 0 Å². The average molecular weight is 392 g/mol. The van der Waals surface area contributed by atoms with Gasteiger partial charge in [-0.2, -0.15) is 5.10 Å². The van der Waals surface area contributed by atoms with E-state index in [2.05, 4.69) is 51.9 Å². The Morgan fingerprint density at radius 3 is 2.62 bits per heavy atom. The maximum absolute atomic E-state index is 5.82. The van der Waals surface area contributed by atoms with E-state index in [4.69, 9.17) is 4.74 Å². The molecule has 6 nitrogen and oxygen atoms in total. The smallest absolute Gasteiger partial charge is 0.191 e. The van der Waals surface area contributed by atoms with Gasteiger partial charge in [0.25, 0.3) is 0 Å². The monoisotopic (exact) mass is 391 g/mol. The standard InChI is InChI=1S/C23H29N5O/c1-19(17-29-18-20-9-4-3-5-10-20)15-25-23(24-2)26-16-21-11-6-7-12-22(21)28-14-8-13-27-28/h3-14,19H,15-18H2,1-2H3,(H2,24,25,26). The van der Waals surface area contributed by atoms with Crippen LogP contribution in [-0.4, -0.2) is 35.9 Å². The van der Waals surface area contributed by atoms with E-state index in [1.807, 2.05) is 47.3 Å². The fourth-order valence-corrected chi connectivity index (χ4v) is 2.98. The molecule has 1 aromatic heterocycles. The average Bonchev–Trinajstić information content (AvgIpc) is 3.30. The van der Waals surface area contributed by atoms with Gasteiger partial charge in [0.2, 0.25) is 0 Å². The van der Waals surface area contributed by atoms with Crippen molar-refractivity contribution in [3.05, 3.63) is 84.2 Å². The number of nitrogens with one attached hydrogen (secondary N) is 2. The van der Waals surface area contributed by atoms with Gasteiger partial charge in [0.05, 0.1) is 18.9 Å². The molecule has 2 N–H and O–H groups in total. The van der Waals surface area contributed by atoms with E-state index < -0.39 is 0 Å². The Bertz CT molecular complexity index is 877. The number of benzene rings is 2. The number of para-hydroxylation sites is 1. The van der Waals surface area contributed by atoms with Crippen LogP contribution < -0.4 is 10.6 Å². The number of nitrogens with zero attached hydrogens (tertiary/aromatic N) is 3. The third-order valence-corrected chi connectivity index (χ3v) is 4.54. The minimum absolute atomic E-state index is 0.369. The molecule has 152 valence electrons. The molecule has 3 rings (SSSR count). The molecule has 29 heavy (non-hydrogen) atoms. The van der Waals surface area contributed by atoms with Crippen LogP contribution in [0.4, 0.5) is 0 Å². The van der Waals surface area contributed by atoms with Crippen molar-refractivity contribution in [2.45, 2.75) is 20.1 Å². The minimum atomic E-state index is 0.369. The largest absolute Gasteiger partial charge is 0.376 e. The van der Waals surface area contributed by atoms with Crippen molar-refractivity contribution in [2.75, 3.05) is 20.2 Å². The predicted octanol–water partition coefficient (Wildman–Crippen LogP) is 3.39. The number of hydrogen-bond acceptors (Lipinski definition) is 3. The van der Waals surface area contributed by atoms with Crippen molar-refractivity contribution < 1.29 is 4.74 Å². The van der Waals surface area contributed by atoms with E-state index in [9.17, 15) is 0 Å². The molecular weight excluding hydrogens is 362 g/mol. The van der Waals surface area contributed by atoms with Gasteiger partial charge in [-0.05, 0) is 29.2 Å². The first-order valence-electron chi connectivity index (χ1n) is 9.90. The van der Waals surface area contributed by atoms with Gasteiger partial charge in [-0.1, -0.05) is 55.5 Å². The molecule has 3 aromatic rings. The first kappa shape index (κ1) is 20.6. The second-order valence-electron chi connectivity index (χ2n) is 6.99. The summed E-state index contributed by atoms with van der Waals surface area (Å²) in [5.41, 5.74) is 3.41. The van der Waals surface area contributed by atoms with Crippen LogP contribution in [0.25, 0.3) is 5.69 Å². The highest BCUT2D eigenvalue weighted by Gasteiger charge is 2.07. The van der Waals surface area contributed by atoms with Crippen molar-refractivity contribution >= 4 is 5.96 Å². The summed E-state index contributed by atoms with van der Waals surface area (Å²) >= 11 is 0. The molecule has 6 heteroatoms. The lowest BCUT2D eigenvalue weighted by Gasteiger charge is -2.17. The molecule has 1 atom stereocenters. The SMILES string of the molecule is CN=C(NCc1ccccc1-n1cccn1)NCC(C)COCc1ccccc1. The van der Waals surface area contributed by atoms with Crippen LogP contribution in [0.5, 0.6) is 0 Å². The highest BCUT2D eigenvalue weighted by atomic mass is 16.5. The lowest BCUT2D eigenvalue weighted by molar-refractivity contribution is 0.0931. The summed E-state index contributed by atoms with van der Waals surface area (Å²) in [5.74, 6) is 1.14. The molecule has 0 amide bonds. The summed E-state index contributed by atoms with van der Waals surface area (Å²) in [6.07, 6.45) is 3.73. The number of aromatic nitrogens is 2. The van der Waals surface area contributed by atoms with E-state index in [1.54, 1.807) is 13.2 Å². The Kier molecular flexibility index (Phi) is 7.83. The number of hydrogen-bond donors (Lipinski definition) is 2. The van der Waals surface area contributed by atoms with E-state index in [0.717, 1.165) is 23.8 Å². The van der Waals surface area contributed by atoms with Crippen LogP contribution in [0.1, 0.15) is 18.1 Å². The Morgan fingerprint density at radius 1 is 1.07 bits per heavy atom. The first-order chi connectivity index (χ1) is 14.3. The highest BCUT2D eigenvalue weighted by molar-refractivity contribution is 5.79. The van der Waals surface area contributed by atoms with Crippen molar-refractivity contribution in [3.8, 4) is 5.69 Å². The van der Waals surface area contributed by atoms with Crippen molar-refractivity contribution in [1.82, 2.24) is 20.4 Å². The molecule has 0 aliphatic carbocycles. The zero-order valence-corrected chi connectivity index (χ0v) is 17.1. The Morgan fingerprint density at radius 2 is 1.86 bits per heavy atom. The second-order valence-corrected chi connectivity index (χ2v) is 6.99. The summed E-state index contributed by atoms with van der Waals surface area (Å²) in [4.78, 5) is 4.33. The molecule has 0 aliphatic rings. The van der Waals surface area contributed by atoms with Gasteiger partial charge in [-0.3, -0.25) is 4.99 Å². The van der Waals surface area contributed by atoms with Gasteiger partial charge >= 0.3 is 0 Å². The summed E-state index contributed by atoms with van der Waals surface area (Å²) in [6, 6.07) is 20.4. The van der Waals surface area contributed by atoms with Crippen LogP contribution in [0.2, 0.25) is 0 Å². The van der Waals surface area contributed by atoms with Crippen LogP contribution in [0, 0.1) is 5.92 Å². The zero-order valence-electron chi connectivity index (χ0n) is 17.1. The van der Waals surface area contributed by atoms with Crippen molar-refractivity contribution in [2.24, 2.45) is 10.9 Å². The highest BCUT2D eigenvalue weighted by Crippen LogP contribution is 2.13. The minimum Gasteiger partial charge on any atom is -0.376 e. The van der Waals surface area contributed by atoms with Gasteiger partial charge in [0.1, 0.15) is 0 Å². The van der Waals surface area contributed by atoms with Gasteiger partial charge < -0.3 is 15.4 Å². The number of aliphatic imine (C=N–C) groups is 1. The lowest BCUT2D eigenvalue weighted by Crippen LogP contribution is -2.39. The first-order valence-corrected chi connectivity index (χ1v) is 9.90. The van der Waals surface area contributed by atoms with Crippen molar-refractivity contribution in [3.63, 3.8) is 0 Å². The van der Waals surface area contributed by atoms with E-state index in [0.29, 0.717) is 25.7 Å². The molecular formula is C23H29N5O. The second kappa shape index (κ2) is 11.0. The van der Waals surface area contributed by atoms with E-state index in [1.165, 1.54) is 5.56 Å². The summed E-state index contributed by atoms with van der Waals surface area (Å²) in [6.45, 7) is 4.95. The molecule has 0 saturated heterocycles. The van der Waals surface area contributed by atoms with Crippen LogP contribution in [0.15, 0.2) is 78.0 Å². The zero-order chi connectivity index (χ0) is 20.3. The molecule has 0 bridgehead atoms. The van der Waals surface area contributed by atoms with Crippen LogP contribution in [-0.2, 0) is 17.9 Å². The molecule has 0 saturated carbocycles. The molecule has 1 unspecified atom stereocenters. The number of ether oxygens (including phenoxy) is 1. The Balaban J connectivity index is 1.43. The van der Waals surface area contributed by atoms with Gasteiger partial charge in [0, 0.05) is 32.5 Å². The number of rotatable bonds is 9. The molecule has 0 spiro atoms. The topological polar surface area (TPSA) is 63.5 Å². The van der Waals surface area contributed by atoms with Crippen LogP contribution in [0.3, 0.4) is 0 Å². The molecule has 0 aliphatic heterocycles. The normalized spacial score (nSPS) is 12.6. The third-order valence-electron chi connectivity index (χ3n) is 4.54. The van der Waals surface area contributed by atoms with E-state index >= 15 is 0 Å². The van der Waals surface area contributed by atoms with E-state index in [-0.39, 0.29) is 0 Å². The van der Waals surface area contributed by atoms with Gasteiger partial charge in [-0.15, -0.1) is 0 Å². The summed E-state index contributed by atoms with van der Waals surface area (Å²) < 4.78 is 7.70. The fourth-order valence-electron chi connectivity index (χ4n) is 2.98. The third kappa shape index (κ3) is 6.47. The maximum atomic E-state index is 5.82. The molecule has 1 heterocycles.